The largest absolute Gasteiger partial charge is 0.480 e. The first-order chi connectivity index (χ1) is 8.41. The molecule has 0 fully saturated rings. The predicted octanol–water partition coefficient (Wildman–Crippen LogP) is 3.14. The van der Waals surface area contributed by atoms with Crippen LogP contribution in [0.5, 0.6) is 0 Å². The molecule has 1 amide bonds. The average Bonchev–Trinajstić information content (AvgIpc) is 2.30. The van der Waals surface area contributed by atoms with Crippen molar-refractivity contribution in [3.05, 3.63) is 28.2 Å². The normalized spacial score (nSPS) is 11.9. The number of amides is 1. The highest BCUT2D eigenvalue weighted by Crippen LogP contribution is 2.29. The molecule has 98 valence electrons. The van der Waals surface area contributed by atoms with Crippen molar-refractivity contribution in [3.8, 4) is 0 Å². The van der Waals surface area contributed by atoms with Crippen LogP contribution in [0.2, 0.25) is 10.0 Å². The number of carbonyl (C=O) groups is 2. The summed E-state index contributed by atoms with van der Waals surface area (Å²) < 4.78 is 0. The number of carbonyl (C=O) groups excluding carboxylic acids is 1. The zero-order chi connectivity index (χ0) is 13.7. The molecule has 1 rings (SSSR count). The summed E-state index contributed by atoms with van der Waals surface area (Å²) in [6, 6.07) is 4.88. The first-order valence-corrected chi connectivity index (χ1v) is 6.80. The minimum Gasteiger partial charge on any atom is -0.480 e. The minimum absolute atomic E-state index is 0.0228. The molecular formula is C11H11Cl2NO3S. The van der Waals surface area contributed by atoms with Gasteiger partial charge in [0.2, 0.25) is 5.91 Å². The van der Waals surface area contributed by atoms with Crippen LogP contribution in [0.15, 0.2) is 18.2 Å². The maximum atomic E-state index is 11.6. The summed E-state index contributed by atoms with van der Waals surface area (Å²) in [7, 11) is 0. The Morgan fingerprint density at radius 3 is 2.44 bits per heavy atom. The topological polar surface area (TPSA) is 66.4 Å². The van der Waals surface area contributed by atoms with Gasteiger partial charge < -0.3 is 10.4 Å². The Morgan fingerprint density at radius 2 is 1.94 bits per heavy atom. The molecule has 1 unspecified atom stereocenters. The fourth-order valence-electron chi connectivity index (χ4n) is 1.06. The molecule has 1 atom stereocenters. The van der Waals surface area contributed by atoms with Crippen molar-refractivity contribution >= 4 is 52.5 Å². The zero-order valence-corrected chi connectivity index (χ0v) is 11.8. The SMILES string of the molecule is CC(SCC(=O)Nc1c(Cl)cccc1Cl)C(=O)O. The molecule has 0 heterocycles. The van der Waals surface area contributed by atoms with E-state index in [1.807, 2.05) is 0 Å². The lowest BCUT2D eigenvalue weighted by Crippen LogP contribution is -2.19. The first-order valence-electron chi connectivity index (χ1n) is 5.00. The molecule has 0 saturated heterocycles. The maximum Gasteiger partial charge on any atom is 0.316 e. The number of benzene rings is 1. The lowest BCUT2D eigenvalue weighted by molar-refractivity contribution is -0.136. The van der Waals surface area contributed by atoms with Gasteiger partial charge in [-0.15, -0.1) is 11.8 Å². The molecule has 7 heteroatoms. The summed E-state index contributed by atoms with van der Waals surface area (Å²) in [6.07, 6.45) is 0. The lowest BCUT2D eigenvalue weighted by Gasteiger charge is -2.10. The van der Waals surface area contributed by atoms with Crippen LogP contribution < -0.4 is 5.32 Å². The van der Waals surface area contributed by atoms with Crippen LogP contribution in [0.25, 0.3) is 0 Å². The van der Waals surface area contributed by atoms with Crippen LogP contribution in [-0.2, 0) is 9.59 Å². The Labute approximate surface area is 119 Å². The molecular weight excluding hydrogens is 297 g/mol. The van der Waals surface area contributed by atoms with Crippen molar-refractivity contribution in [2.24, 2.45) is 0 Å². The third kappa shape index (κ3) is 4.40. The van der Waals surface area contributed by atoms with Crippen LogP contribution in [-0.4, -0.2) is 28.0 Å². The molecule has 1 aromatic carbocycles. The van der Waals surface area contributed by atoms with Crippen molar-refractivity contribution in [1.29, 1.82) is 0 Å². The molecule has 18 heavy (non-hydrogen) atoms. The molecule has 0 spiro atoms. The number of rotatable bonds is 5. The van der Waals surface area contributed by atoms with Gasteiger partial charge in [0.15, 0.2) is 0 Å². The minimum atomic E-state index is -0.955. The van der Waals surface area contributed by atoms with Crippen LogP contribution in [0, 0.1) is 0 Å². The Morgan fingerprint density at radius 1 is 1.39 bits per heavy atom. The zero-order valence-electron chi connectivity index (χ0n) is 9.44. The molecule has 0 aliphatic carbocycles. The number of hydrogen-bond acceptors (Lipinski definition) is 3. The van der Waals surface area contributed by atoms with E-state index < -0.39 is 11.2 Å². The highest BCUT2D eigenvalue weighted by atomic mass is 35.5. The summed E-state index contributed by atoms with van der Waals surface area (Å²) in [6.45, 7) is 1.52. The van der Waals surface area contributed by atoms with Crippen LogP contribution in [0.1, 0.15) is 6.92 Å². The summed E-state index contributed by atoms with van der Waals surface area (Å²) in [5, 5.41) is 11.3. The van der Waals surface area contributed by atoms with Crippen molar-refractivity contribution in [1.82, 2.24) is 0 Å². The Hall–Kier alpha value is -0.910. The van der Waals surface area contributed by atoms with E-state index in [9.17, 15) is 9.59 Å². The number of hydrogen-bond donors (Lipinski definition) is 2. The third-order valence-electron chi connectivity index (χ3n) is 2.04. The number of carboxylic acid groups (broad SMARTS) is 1. The van der Waals surface area contributed by atoms with Gasteiger partial charge in [-0.1, -0.05) is 29.3 Å². The predicted molar refractivity (Wildman–Crippen MR) is 74.6 cm³/mol. The second-order valence-electron chi connectivity index (χ2n) is 3.44. The van der Waals surface area contributed by atoms with E-state index >= 15 is 0 Å². The number of halogens is 2. The van der Waals surface area contributed by atoms with Crippen LogP contribution >= 0.6 is 35.0 Å². The van der Waals surface area contributed by atoms with Crippen molar-refractivity contribution in [2.75, 3.05) is 11.1 Å². The van der Waals surface area contributed by atoms with Gasteiger partial charge >= 0.3 is 5.97 Å². The van der Waals surface area contributed by atoms with E-state index in [0.717, 1.165) is 11.8 Å². The Bertz CT molecular complexity index is 447. The van der Waals surface area contributed by atoms with Crippen molar-refractivity contribution in [2.45, 2.75) is 12.2 Å². The second-order valence-corrected chi connectivity index (χ2v) is 5.58. The summed E-state index contributed by atoms with van der Waals surface area (Å²) in [5.41, 5.74) is 0.342. The highest BCUT2D eigenvalue weighted by molar-refractivity contribution is 8.01. The van der Waals surface area contributed by atoms with E-state index in [0.29, 0.717) is 15.7 Å². The highest BCUT2D eigenvalue weighted by Gasteiger charge is 2.15. The van der Waals surface area contributed by atoms with E-state index in [4.69, 9.17) is 28.3 Å². The second kappa shape index (κ2) is 6.87. The number of para-hydroxylation sites is 1. The summed E-state index contributed by atoms with van der Waals surface area (Å²) in [5.74, 6) is -1.28. The van der Waals surface area contributed by atoms with Gasteiger partial charge in [-0.05, 0) is 19.1 Å². The van der Waals surface area contributed by atoms with Crippen LogP contribution in [0.4, 0.5) is 5.69 Å². The first kappa shape index (κ1) is 15.1. The summed E-state index contributed by atoms with van der Waals surface area (Å²) in [4.78, 5) is 22.2. The monoisotopic (exact) mass is 307 g/mol. The van der Waals surface area contributed by atoms with Gasteiger partial charge in [-0.25, -0.2) is 0 Å². The van der Waals surface area contributed by atoms with Crippen LogP contribution in [0.3, 0.4) is 0 Å². The Kier molecular flexibility index (Phi) is 5.78. The fourth-order valence-corrected chi connectivity index (χ4v) is 2.17. The summed E-state index contributed by atoms with van der Waals surface area (Å²) >= 11 is 12.8. The van der Waals surface area contributed by atoms with Gasteiger partial charge in [0.25, 0.3) is 0 Å². The van der Waals surface area contributed by atoms with Gasteiger partial charge in [0.1, 0.15) is 0 Å². The number of carboxylic acids is 1. The molecule has 0 saturated carbocycles. The van der Waals surface area contributed by atoms with Crippen molar-refractivity contribution in [3.63, 3.8) is 0 Å². The standard InChI is InChI=1S/C11H11Cl2NO3S/c1-6(11(16)17)18-5-9(15)14-10-7(12)3-2-4-8(10)13/h2-4,6H,5H2,1H3,(H,14,15)(H,16,17). The molecule has 4 nitrogen and oxygen atoms in total. The Balaban J connectivity index is 2.58. The number of aliphatic carboxylic acids is 1. The van der Waals surface area contributed by atoms with E-state index in [1.54, 1.807) is 18.2 Å². The van der Waals surface area contributed by atoms with E-state index in [2.05, 4.69) is 5.32 Å². The van der Waals surface area contributed by atoms with Gasteiger partial charge in [-0.3, -0.25) is 9.59 Å². The van der Waals surface area contributed by atoms with Gasteiger partial charge in [-0.2, -0.15) is 0 Å². The van der Waals surface area contributed by atoms with E-state index in [1.165, 1.54) is 6.92 Å². The number of thioether (sulfide) groups is 1. The number of nitrogens with one attached hydrogen (secondary N) is 1. The average molecular weight is 308 g/mol. The molecule has 0 radical (unpaired) electrons. The van der Waals surface area contributed by atoms with Crippen molar-refractivity contribution < 1.29 is 14.7 Å². The quantitative estimate of drug-likeness (QED) is 0.877. The molecule has 0 aliphatic heterocycles. The number of anilines is 1. The molecule has 0 aliphatic rings. The molecule has 0 bridgehead atoms. The van der Waals surface area contributed by atoms with E-state index in [-0.39, 0.29) is 11.7 Å². The molecule has 0 aromatic heterocycles. The third-order valence-corrected chi connectivity index (χ3v) is 3.80. The smallest absolute Gasteiger partial charge is 0.316 e. The maximum absolute atomic E-state index is 11.6. The molecule has 2 N–H and O–H groups in total. The van der Waals surface area contributed by atoms with Gasteiger partial charge in [0.05, 0.1) is 26.7 Å². The molecule has 1 aromatic rings. The lowest BCUT2D eigenvalue weighted by atomic mass is 10.3. The van der Waals surface area contributed by atoms with Gasteiger partial charge in [0, 0.05) is 0 Å². The fraction of sp³-hybridized carbons (Fsp3) is 0.273.